The van der Waals surface area contributed by atoms with Crippen molar-refractivity contribution >= 4 is 27.3 Å². The van der Waals surface area contributed by atoms with Gasteiger partial charge in [0, 0.05) is 17.3 Å². The molecule has 0 fully saturated rings. The molecule has 1 unspecified atom stereocenters. The third-order valence-electron chi connectivity index (χ3n) is 3.41. The van der Waals surface area contributed by atoms with Gasteiger partial charge in [0.05, 0.1) is 15.2 Å². The number of nitrogens with zero attached hydrogens (tertiary/aromatic N) is 2. The maximum atomic E-state index is 4.38. The molecule has 21 heavy (non-hydrogen) atoms. The summed E-state index contributed by atoms with van der Waals surface area (Å²) in [4.78, 5) is 1.38. The highest BCUT2D eigenvalue weighted by Crippen LogP contribution is 2.28. The quantitative estimate of drug-likeness (QED) is 0.784. The number of nitrogens with one attached hydrogen (secondary N) is 1. The predicted molar refractivity (Wildman–Crippen MR) is 92.9 cm³/mol. The molecule has 2 rings (SSSR count). The molecule has 0 amide bonds. The number of hydrogen-bond acceptors (Lipinski definition) is 4. The second-order valence-electron chi connectivity index (χ2n) is 5.16. The van der Waals surface area contributed by atoms with Crippen LogP contribution in [0.4, 0.5) is 0 Å². The number of halogens is 1. The van der Waals surface area contributed by atoms with Crippen molar-refractivity contribution in [1.29, 1.82) is 0 Å². The predicted octanol–water partition coefficient (Wildman–Crippen LogP) is 4.45. The lowest BCUT2D eigenvalue weighted by atomic mass is 9.99. The van der Waals surface area contributed by atoms with E-state index in [1.54, 1.807) is 11.3 Å². The second kappa shape index (κ2) is 8.01. The van der Waals surface area contributed by atoms with Crippen molar-refractivity contribution in [1.82, 2.24) is 15.5 Å². The Balaban J connectivity index is 2.28. The molecule has 5 heteroatoms. The van der Waals surface area contributed by atoms with Crippen LogP contribution in [0.2, 0.25) is 0 Å². The van der Waals surface area contributed by atoms with Crippen molar-refractivity contribution in [3.05, 3.63) is 43.8 Å². The molecule has 0 saturated heterocycles. The molecule has 0 aliphatic heterocycles. The maximum absolute atomic E-state index is 4.38. The summed E-state index contributed by atoms with van der Waals surface area (Å²) in [6.45, 7) is 7.36. The van der Waals surface area contributed by atoms with Crippen LogP contribution in [0.25, 0.3) is 0 Å². The van der Waals surface area contributed by atoms with Crippen molar-refractivity contribution in [3.8, 4) is 0 Å². The van der Waals surface area contributed by atoms with Crippen LogP contribution in [0.3, 0.4) is 0 Å². The van der Waals surface area contributed by atoms with E-state index in [0.29, 0.717) is 6.04 Å². The third kappa shape index (κ3) is 4.59. The van der Waals surface area contributed by atoms with E-state index in [9.17, 15) is 0 Å². The molecule has 0 aliphatic carbocycles. The van der Waals surface area contributed by atoms with E-state index in [0.717, 1.165) is 37.2 Å². The van der Waals surface area contributed by atoms with Crippen molar-refractivity contribution in [2.75, 3.05) is 6.54 Å². The van der Waals surface area contributed by atoms with Crippen LogP contribution in [0.1, 0.15) is 48.1 Å². The molecule has 0 aliphatic rings. The Morgan fingerprint density at radius 3 is 2.71 bits per heavy atom. The number of thiophene rings is 1. The van der Waals surface area contributed by atoms with Gasteiger partial charge in [0.2, 0.25) is 0 Å². The standard InChI is InChI=1S/C16H22BrN3S/c1-4-8-18-15(10-12-6-7-16(17)21-12)13-9-11(3)19-20-14(13)5-2/h6-7,9,15,18H,4-5,8,10H2,1-3H3. The van der Waals surface area contributed by atoms with Gasteiger partial charge in [-0.15, -0.1) is 11.3 Å². The molecule has 114 valence electrons. The van der Waals surface area contributed by atoms with E-state index >= 15 is 0 Å². The molecule has 2 heterocycles. The Morgan fingerprint density at radius 2 is 2.10 bits per heavy atom. The highest BCUT2D eigenvalue weighted by atomic mass is 79.9. The van der Waals surface area contributed by atoms with Gasteiger partial charge in [-0.25, -0.2) is 0 Å². The SMILES string of the molecule is CCCNC(Cc1ccc(Br)s1)c1cc(C)nnc1CC. The molecule has 2 aromatic heterocycles. The molecule has 1 atom stereocenters. The zero-order chi connectivity index (χ0) is 15.2. The second-order valence-corrected chi connectivity index (χ2v) is 7.71. The van der Waals surface area contributed by atoms with E-state index < -0.39 is 0 Å². The van der Waals surface area contributed by atoms with Gasteiger partial charge in [0.1, 0.15) is 0 Å². The van der Waals surface area contributed by atoms with Gasteiger partial charge < -0.3 is 5.32 Å². The lowest BCUT2D eigenvalue weighted by Gasteiger charge is -2.20. The number of aryl methyl sites for hydroxylation is 2. The van der Waals surface area contributed by atoms with E-state index in [-0.39, 0.29) is 0 Å². The first-order valence-corrected chi connectivity index (χ1v) is 9.05. The van der Waals surface area contributed by atoms with Gasteiger partial charge in [-0.2, -0.15) is 10.2 Å². The van der Waals surface area contributed by atoms with Crippen molar-refractivity contribution in [2.24, 2.45) is 0 Å². The van der Waals surface area contributed by atoms with Gasteiger partial charge in [-0.1, -0.05) is 13.8 Å². The summed E-state index contributed by atoms with van der Waals surface area (Å²) >= 11 is 5.35. The van der Waals surface area contributed by atoms with Crippen LogP contribution in [0.15, 0.2) is 22.0 Å². The highest BCUT2D eigenvalue weighted by Gasteiger charge is 2.17. The number of rotatable bonds is 7. The zero-order valence-electron chi connectivity index (χ0n) is 12.8. The van der Waals surface area contributed by atoms with Crippen molar-refractivity contribution in [3.63, 3.8) is 0 Å². The summed E-state index contributed by atoms with van der Waals surface area (Å²) in [5.41, 5.74) is 3.38. The first-order valence-electron chi connectivity index (χ1n) is 7.44. The Bertz CT molecular complexity index is 583. The molecule has 0 saturated carbocycles. The number of hydrogen-bond donors (Lipinski definition) is 1. The minimum Gasteiger partial charge on any atom is -0.310 e. The minimum atomic E-state index is 0.305. The van der Waals surface area contributed by atoms with Gasteiger partial charge >= 0.3 is 0 Å². The van der Waals surface area contributed by atoms with E-state index in [1.165, 1.54) is 14.2 Å². The largest absolute Gasteiger partial charge is 0.310 e. The fourth-order valence-electron chi connectivity index (χ4n) is 2.38. The summed E-state index contributed by atoms with van der Waals surface area (Å²) < 4.78 is 1.19. The van der Waals surface area contributed by atoms with E-state index in [2.05, 4.69) is 63.5 Å². The Morgan fingerprint density at radius 1 is 1.29 bits per heavy atom. The Hall–Kier alpha value is -0.780. The van der Waals surface area contributed by atoms with Gasteiger partial charge in [-0.05, 0) is 66.0 Å². The number of aromatic nitrogens is 2. The van der Waals surface area contributed by atoms with Crippen LogP contribution in [-0.2, 0) is 12.8 Å². The molecule has 0 aromatic carbocycles. The van der Waals surface area contributed by atoms with Crippen LogP contribution in [0, 0.1) is 6.92 Å². The highest BCUT2D eigenvalue weighted by molar-refractivity contribution is 9.11. The Kier molecular flexibility index (Phi) is 6.33. The van der Waals surface area contributed by atoms with Gasteiger partial charge in [-0.3, -0.25) is 0 Å². The summed E-state index contributed by atoms with van der Waals surface area (Å²) in [6.07, 6.45) is 3.04. The summed E-state index contributed by atoms with van der Waals surface area (Å²) in [5.74, 6) is 0. The smallest absolute Gasteiger partial charge is 0.0701 e. The van der Waals surface area contributed by atoms with Crippen LogP contribution in [-0.4, -0.2) is 16.7 Å². The summed E-state index contributed by atoms with van der Waals surface area (Å²) in [7, 11) is 0. The first-order chi connectivity index (χ1) is 10.1. The monoisotopic (exact) mass is 367 g/mol. The average Bonchev–Trinajstić information content (AvgIpc) is 2.88. The molecule has 2 aromatic rings. The van der Waals surface area contributed by atoms with Crippen LogP contribution < -0.4 is 5.32 Å². The topological polar surface area (TPSA) is 37.8 Å². The minimum absolute atomic E-state index is 0.305. The zero-order valence-corrected chi connectivity index (χ0v) is 15.2. The summed E-state index contributed by atoms with van der Waals surface area (Å²) in [5, 5.41) is 12.2. The third-order valence-corrected chi connectivity index (χ3v) is 5.06. The average molecular weight is 368 g/mol. The van der Waals surface area contributed by atoms with Crippen molar-refractivity contribution < 1.29 is 0 Å². The lowest BCUT2D eigenvalue weighted by molar-refractivity contribution is 0.524. The molecular formula is C16H22BrN3S. The van der Waals surface area contributed by atoms with Gasteiger partial charge in [0.15, 0.2) is 0 Å². The normalized spacial score (nSPS) is 12.6. The molecule has 1 N–H and O–H groups in total. The maximum Gasteiger partial charge on any atom is 0.0701 e. The molecular weight excluding hydrogens is 346 g/mol. The fraction of sp³-hybridized carbons (Fsp3) is 0.500. The van der Waals surface area contributed by atoms with Crippen molar-refractivity contribution in [2.45, 2.75) is 46.1 Å². The molecule has 0 radical (unpaired) electrons. The Labute approximate surface area is 139 Å². The first kappa shape index (κ1) is 16.6. The van der Waals surface area contributed by atoms with E-state index in [4.69, 9.17) is 0 Å². The lowest BCUT2D eigenvalue weighted by Crippen LogP contribution is -2.25. The van der Waals surface area contributed by atoms with Crippen LogP contribution in [0.5, 0.6) is 0 Å². The molecule has 0 bridgehead atoms. The molecule has 0 spiro atoms. The van der Waals surface area contributed by atoms with Crippen LogP contribution >= 0.6 is 27.3 Å². The molecule has 3 nitrogen and oxygen atoms in total. The van der Waals surface area contributed by atoms with Gasteiger partial charge in [0.25, 0.3) is 0 Å². The summed E-state index contributed by atoms with van der Waals surface area (Å²) in [6, 6.07) is 6.80. The fourth-order valence-corrected chi connectivity index (χ4v) is 3.91. The van der Waals surface area contributed by atoms with E-state index in [1.807, 2.05) is 6.92 Å².